The number of rotatable bonds is 4. The first-order valence-electron chi connectivity index (χ1n) is 5.37. The molecule has 0 saturated heterocycles. The summed E-state index contributed by atoms with van der Waals surface area (Å²) >= 11 is 0. The molecule has 15 heavy (non-hydrogen) atoms. The molecule has 1 fully saturated rings. The van der Waals surface area contributed by atoms with Crippen LogP contribution in [0.2, 0.25) is 0 Å². The summed E-state index contributed by atoms with van der Waals surface area (Å²) < 4.78 is 5.56. The van der Waals surface area contributed by atoms with Crippen molar-refractivity contribution in [3.63, 3.8) is 0 Å². The third-order valence-electron chi connectivity index (χ3n) is 2.60. The number of carbonyl (C=O) groups is 1. The molecule has 1 atom stereocenters. The maximum atomic E-state index is 10.3. The van der Waals surface area contributed by atoms with Crippen LogP contribution in [-0.2, 0) is 4.74 Å². The molecule has 0 spiro atoms. The molecule has 0 aromatic heterocycles. The van der Waals surface area contributed by atoms with Gasteiger partial charge in [0.1, 0.15) is 0 Å². The van der Waals surface area contributed by atoms with Gasteiger partial charge in [-0.2, -0.15) is 0 Å². The Morgan fingerprint density at radius 1 is 1.47 bits per heavy atom. The highest BCUT2D eigenvalue weighted by atomic mass is 16.5. The predicted octanol–water partition coefficient (Wildman–Crippen LogP) is 0.963. The monoisotopic (exact) mass is 217 g/mol. The van der Waals surface area contributed by atoms with Crippen LogP contribution in [0.25, 0.3) is 0 Å². The Labute approximate surface area is 89.4 Å². The van der Waals surface area contributed by atoms with Gasteiger partial charge < -0.3 is 20.3 Å². The second-order valence-corrected chi connectivity index (χ2v) is 4.11. The van der Waals surface area contributed by atoms with Gasteiger partial charge >= 0.3 is 6.09 Å². The third kappa shape index (κ3) is 4.99. The molecule has 0 unspecified atom stereocenters. The topological polar surface area (TPSA) is 78.8 Å². The van der Waals surface area contributed by atoms with E-state index in [1.807, 2.05) is 0 Å². The zero-order valence-electron chi connectivity index (χ0n) is 8.98. The number of amides is 1. The van der Waals surface area contributed by atoms with Crippen LogP contribution in [0.1, 0.15) is 32.6 Å². The fourth-order valence-corrected chi connectivity index (χ4v) is 1.74. The molecule has 1 saturated carbocycles. The molecular weight excluding hydrogens is 198 g/mol. The van der Waals surface area contributed by atoms with Crippen LogP contribution in [0.4, 0.5) is 4.79 Å². The lowest BCUT2D eigenvalue weighted by molar-refractivity contribution is -0.00943. The first kappa shape index (κ1) is 12.3. The molecule has 0 aromatic rings. The molecule has 3 N–H and O–H groups in total. The molecule has 5 nitrogen and oxygen atoms in total. The van der Waals surface area contributed by atoms with Gasteiger partial charge in [-0.1, -0.05) is 0 Å². The Bertz CT molecular complexity index is 202. The molecule has 0 heterocycles. The lowest BCUT2D eigenvalue weighted by atomic mass is 9.95. The van der Waals surface area contributed by atoms with Crippen molar-refractivity contribution in [1.29, 1.82) is 0 Å². The van der Waals surface area contributed by atoms with E-state index in [1.54, 1.807) is 6.92 Å². The van der Waals surface area contributed by atoms with Gasteiger partial charge in [0.2, 0.25) is 0 Å². The van der Waals surface area contributed by atoms with Crippen molar-refractivity contribution in [3.8, 4) is 0 Å². The largest absolute Gasteiger partial charge is 0.465 e. The zero-order valence-corrected chi connectivity index (χ0v) is 8.98. The molecule has 1 rings (SSSR count). The maximum absolute atomic E-state index is 10.3. The number of aliphatic hydroxyl groups is 1. The molecule has 0 aliphatic heterocycles. The summed E-state index contributed by atoms with van der Waals surface area (Å²) in [5, 5.41) is 20.1. The normalized spacial score (nSPS) is 28.4. The summed E-state index contributed by atoms with van der Waals surface area (Å²) in [5.41, 5.74) is 0. The number of ether oxygens (including phenoxy) is 1. The Hall–Kier alpha value is -0.810. The summed E-state index contributed by atoms with van der Waals surface area (Å²) in [5.74, 6) is 0. The van der Waals surface area contributed by atoms with Crippen LogP contribution in [0.15, 0.2) is 0 Å². The summed E-state index contributed by atoms with van der Waals surface area (Å²) in [6.45, 7) is 2.17. The number of hydrogen-bond donors (Lipinski definition) is 3. The Balaban J connectivity index is 2.11. The van der Waals surface area contributed by atoms with Crippen LogP contribution in [0.3, 0.4) is 0 Å². The predicted molar refractivity (Wildman–Crippen MR) is 54.8 cm³/mol. The van der Waals surface area contributed by atoms with E-state index in [-0.39, 0.29) is 18.2 Å². The Morgan fingerprint density at radius 3 is 2.60 bits per heavy atom. The smallest absolute Gasteiger partial charge is 0.404 e. The van der Waals surface area contributed by atoms with Gasteiger partial charge in [-0.25, -0.2) is 4.79 Å². The minimum atomic E-state index is -1.02. The second kappa shape index (κ2) is 5.92. The van der Waals surface area contributed by atoms with Gasteiger partial charge in [0.05, 0.1) is 24.9 Å². The van der Waals surface area contributed by atoms with Crippen LogP contribution < -0.4 is 5.32 Å². The van der Waals surface area contributed by atoms with Gasteiger partial charge in [-0.15, -0.1) is 0 Å². The number of carboxylic acid groups (broad SMARTS) is 1. The quantitative estimate of drug-likeness (QED) is 0.655. The van der Waals surface area contributed by atoms with E-state index in [4.69, 9.17) is 9.84 Å². The summed E-state index contributed by atoms with van der Waals surface area (Å²) in [6.07, 6.45) is 2.26. The highest BCUT2D eigenvalue weighted by Crippen LogP contribution is 2.20. The summed E-state index contributed by atoms with van der Waals surface area (Å²) in [4.78, 5) is 10.3. The van der Waals surface area contributed by atoms with Crippen molar-refractivity contribution in [3.05, 3.63) is 0 Å². The van der Waals surface area contributed by atoms with Gasteiger partial charge in [0, 0.05) is 0 Å². The van der Waals surface area contributed by atoms with Crippen molar-refractivity contribution >= 4 is 6.09 Å². The average molecular weight is 217 g/mol. The Morgan fingerprint density at radius 2 is 2.07 bits per heavy atom. The molecule has 0 radical (unpaired) electrons. The van der Waals surface area contributed by atoms with E-state index < -0.39 is 6.09 Å². The summed E-state index contributed by atoms with van der Waals surface area (Å²) in [6, 6.07) is -0.186. The highest BCUT2D eigenvalue weighted by molar-refractivity contribution is 5.64. The average Bonchev–Trinajstić information content (AvgIpc) is 2.16. The van der Waals surface area contributed by atoms with Crippen LogP contribution in [0, 0.1) is 0 Å². The van der Waals surface area contributed by atoms with E-state index in [1.165, 1.54) is 0 Å². The molecule has 0 bridgehead atoms. The van der Waals surface area contributed by atoms with E-state index in [2.05, 4.69) is 5.32 Å². The highest BCUT2D eigenvalue weighted by Gasteiger charge is 2.20. The fraction of sp³-hybridized carbons (Fsp3) is 0.900. The van der Waals surface area contributed by atoms with E-state index >= 15 is 0 Å². The second-order valence-electron chi connectivity index (χ2n) is 4.11. The SMILES string of the molecule is C[C@@H](COC1CCC(O)CC1)NC(=O)O. The first-order valence-corrected chi connectivity index (χ1v) is 5.37. The molecule has 5 heteroatoms. The van der Waals surface area contributed by atoms with Crippen molar-refractivity contribution in [1.82, 2.24) is 5.32 Å². The standard InChI is InChI=1S/C10H19NO4/c1-7(11-10(13)14)6-15-9-4-2-8(12)3-5-9/h7-9,11-12H,2-6H2,1H3,(H,13,14)/t7-,8?,9?/m0/s1. The fourth-order valence-electron chi connectivity index (χ4n) is 1.74. The van der Waals surface area contributed by atoms with E-state index in [9.17, 15) is 9.90 Å². The maximum Gasteiger partial charge on any atom is 0.404 e. The van der Waals surface area contributed by atoms with E-state index in [0.717, 1.165) is 25.7 Å². The molecule has 1 aliphatic carbocycles. The van der Waals surface area contributed by atoms with Crippen molar-refractivity contribution in [2.75, 3.05) is 6.61 Å². The third-order valence-corrected chi connectivity index (χ3v) is 2.60. The van der Waals surface area contributed by atoms with Crippen LogP contribution in [-0.4, -0.2) is 41.2 Å². The minimum absolute atomic E-state index is 0.173. The zero-order chi connectivity index (χ0) is 11.3. The molecule has 1 aliphatic rings. The van der Waals surface area contributed by atoms with Crippen LogP contribution >= 0.6 is 0 Å². The Kier molecular flexibility index (Phi) is 4.84. The molecule has 88 valence electrons. The molecular formula is C10H19NO4. The summed E-state index contributed by atoms with van der Waals surface area (Å²) in [7, 11) is 0. The lowest BCUT2D eigenvalue weighted by Gasteiger charge is -2.26. The van der Waals surface area contributed by atoms with Crippen LogP contribution in [0.5, 0.6) is 0 Å². The molecule has 1 amide bonds. The van der Waals surface area contributed by atoms with Crippen molar-refractivity contribution in [2.24, 2.45) is 0 Å². The number of nitrogens with one attached hydrogen (secondary N) is 1. The first-order chi connectivity index (χ1) is 7.08. The minimum Gasteiger partial charge on any atom is -0.465 e. The number of hydrogen-bond acceptors (Lipinski definition) is 3. The number of aliphatic hydroxyl groups excluding tert-OH is 1. The van der Waals surface area contributed by atoms with Gasteiger partial charge in [-0.05, 0) is 32.6 Å². The molecule has 0 aromatic carbocycles. The van der Waals surface area contributed by atoms with E-state index in [0.29, 0.717) is 6.61 Å². The van der Waals surface area contributed by atoms with Gasteiger partial charge in [-0.3, -0.25) is 0 Å². The van der Waals surface area contributed by atoms with Crippen molar-refractivity contribution in [2.45, 2.75) is 50.9 Å². The van der Waals surface area contributed by atoms with Gasteiger partial charge in [0.25, 0.3) is 0 Å². The lowest BCUT2D eigenvalue weighted by Crippen LogP contribution is -2.36. The van der Waals surface area contributed by atoms with Crippen molar-refractivity contribution < 1.29 is 19.7 Å². The van der Waals surface area contributed by atoms with Gasteiger partial charge in [0.15, 0.2) is 0 Å².